The second kappa shape index (κ2) is 5.87. The molecule has 1 aliphatic rings. The van der Waals surface area contributed by atoms with E-state index in [4.69, 9.17) is 9.84 Å². The third kappa shape index (κ3) is 3.01. The minimum absolute atomic E-state index is 0.221. The summed E-state index contributed by atoms with van der Waals surface area (Å²) in [6, 6.07) is 8.08. The number of ether oxygens (including phenoxy) is 1. The van der Waals surface area contributed by atoms with Gasteiger partial charge in [0.1, 0.15) is 5.75 Å². The molecule has 1 unspecified atom stereocenters. The fourth-order valence-electron chi connectivity index (χ4n) is 2.55. The van der Waals surface area contributed by atoms with Crippen LogP contribution in [-0.2, 0) is 4.79 Å². The summed E-state index contributed by atoms with van der Waals surface area (Å²) in [7, 11) is 1.69. The van der Waals surface area contributed by atoms with Crippen molar-refractivity contribution in [2.45, 2.75) is 18.8 Å². The van der Waals surface area contributed by atoms with Gasteiger partial charge in [-0.05, 0) is 24.6 Å². The molecule has 0 bridgehead atoms. The minimum atomic E-state index is -0.726. The number of carbonyl (C=O) groups is 1. The summed E-state index contributed by atoms with van der Waals surface area (Å²) in [4.78, 5) is 12.8. The summed E-state index contributed by atoms with van der Waals surface area (Å²) in [6.45, 7) is 2.53. The maximum Gasteiger partial charge on any atom is 0.304 e. The average Bonchev–Trinajstić information content (AvgIpc) is 2.85. The molecule has 0 spiro atoms. The molecule has 0 amide bonds. The van der Waals surface area contributed by atoms with Crippen molar-refractivity contribution in [3.8, 4) is 5.75 Å². The first-order valence-electron chi connectivity index (χ1n) is 6.27. The van der Waals surface area contributed by atoms with Crippen molar-refractivity contribution >= 4 is 5.97 Å². The molecular weight excluding hydrogens is 230 g/mol. The van der Waals surface area contributed by atoms with Gasteiger partial charge in [-0.3, -0.25) is 4.79 Å². The molecule has 0 aliphatic carbocycles. The van der Waals surface area contributed by atoms with Gasteiger partial charge in [0.05, 0.1) is 13.5 Å². The largest absolute Gasteiger partial charge is 0.496 e. The van der Waals surface area contributed by atoms with E-state index < -0.39 is 5.97 Å². The van der Waals surface area contributed by atoms with Crippen LogP contribution in [0, 0.1) is 0 Å². The summed E-state index contributed by atoms with van der Waals surface area (Å²) < 4.78 is 5.38. The predicted octanol–water partition coefficient (Wildman–Crippen LogP) is 1.96. The first-order valence-corrected chi connectivity index (χ1v) is 6.27. The standard InChI is InChI=1S/C14H19NO3/c1-18-13-5-3-2-4-12(13)11-6-8-15(10-11)9-7-14(16)17/h2-5,11H,6-10H2,1H3,(H,16,17). The van der Waals surface area contributed by atoms with Gasteiger partial charge in [0.15, 0.2) is 0 Å². The van der Waals surface area contributed by atoms with Crippen LogP contribution >= 0.6 is 0 Å². The highest BCUT2D eigenvalue weighted by Gasteiger charge is 2.25. The zero-order valence-corrected chi connectivity index (χ0v) is 10.6. The smallest absolute Gasteiger partial charge is 0.304 e. The molecule has 0 aromatic heterocycles. The second-order valence-electron chi connectivity index (χ2n) is 4.67. The highest BCUT2D eigenvalue weighted by molar-refractivity contribution is 5.66. The Kier molecular flexibility index (Phi) is 4.20. The number of hydrogen-bond donors (Lipinski definition) is 1. The van der Waals surface area contributed by atoms with E-state index >= 15 is 0 Å². The van der Waals surface area contributed by atoms with Crippen molar-refractivity contribution in [1.29, 1.82) is 0 Å². The molecule has 18 heavy (non-hydrogen) atoms. The molecular formula is C14H19NO3. The number of nitrogens with zero attached hydrogens (tertiary/aromatic N) is 1. The first-order chi connectivity index (χ1) is 8.70. The van der Waals surface area contributed by atoms with E-state index in [1.165, 1.54) is 5.56 Å². The van der Waals surface area contributed by atoms with Crippen LogP contribution in [0.15, 0.2) is 24.3 Å². The molecule has 2 rings (SSSR count). The average molecular weight is 249 g/mol. The highest BCUT2D eigenvalue weighted by Crippen LogP contribution is 2.33. The van der Waals surface area contributed by atoms with Gasteiger partial charge < -0.3 is 14.7 Å². The normalized spacial score (nSPS) is 19.9. The third-order valence-corrected chi connectivity index (χ3v) is 3.49. The topological polar surface area (TPSA) is 49.8 Å². The number of hydrogen-bond acceptors (Lipinski definition) is 3. The van der Waals surface area contributed by atoms with E-state index in [9.17, 15) is 4.79 Å². The monoisotopic (exact) mass is 249 g/mol. The van der Waals surface area contributed by atoms with Crippen molar-refractivity contribution in [3.63, 3.8) is 0 Å². The molecule has 4 nitrogen and oxygen atoms in total. The van der Waals surface area contributed by atoms with E-state index in [1.54, 1.807) is 7.11 Å². The van der Waals surface area contributed by atoms with Crippen LogP contribution in [0.4, 0.5) is 0 Å². The molecule has 1 heterocycles. The van der Waals surface area contributed by atoms with Crippen molar-refractivity contribution in [2.24, 2.45) is 0 Å². The molecule has 4 heteroatoms. The molecule has 0 saturated carbocycles. The summed E-state index contributed by atoms with van der Waals surface area (Å²) >= 11 is 0. The molecule has 1 atom stereocenters. The Bertz CT molecular complexity index is 419. The number of para-hydroxylation sites is 1. The van der Waals surface area contributed by atoms with E-state index in [-0.39, 0.29) is 6.42 Å². The maximum absolute atomic E-state index is 10.6. The Morgan fingerprint density at radius 2 is 2.28 bits per heavy atom. The van der Waals surface area contributed by atoms with Crippen molar-refractivity contribution < 1.29 is 14.6 Å². The fourth-order valence-corrected chi connectivity index (χ4v) is 2.55. The van der Waals surface area contributed by atoms with Crippen LogP contribution in [0.2, 0.25) is 0 Å². The van der Waals surface area contributed by atoms with Crippen LogP contribution < -0.4 is 4.74 Å². The fraction of sp³-hybridized carbons (Fsp3) is 0.500. The lowest BCUT2D eigenvalue weighted by atomic mass is 9.97. The third-order valence-electron chi connectivity index (χ3n) is 3.49. The van der Waals surface area contributed by atoms with Gasteiger partial charge in [0.25, 0.3) is 0 Å². The number of rotatable bonds is 5. The molecule has 1 aromatic rings. The number of benzene rings is 1. The molecule has 1 fully saturated rings. The lowest BCUT2D eigenvalue weighted by molar-refractivity contribution is -0.137. The van der Waals surface area contributed by atoms with Gasteiger partial charge >= 0.3 is 5.97 Å². The van der Waals surface area contributed by atoms with Crippen molar-refractivity contribution in [2.75, 3.05) is 26.7 Å². The molecule has 98 valence electrons. The maximum atomic E-state index is 10.6. The van der Waals surface area contributed by atoms with E-state index in [0.717, 1.165) is 25.3 Å². The van der Waals surface area contributed by atoms with Gasteiger partial charge in [0.2, 0.25) is 0 Å². The number of carboxylic acids is 1. The second-order valence-corrected chi connectivity index (χ2v) is 4.67. The Morgan fingerprint density at radius 3 is 3.00 bits per heavy atom. The number of aliphatic carboxylic acids is 1. The number of likely N-dealkylation sites (tertiary alicyclic amines) is 1. The Morgan fingerprint density at radius 1 is 1.50 bits per heavy atom. The molecule has 1 saturated heterocycles. The van der Waals surface area contributed by atoms with Gasteiger partial charge in [-0.1, -0.05) is 18.2 Å². The zero-order chi connectivity index (χ0) is 13.0. The van der Waals surface area contributed by atoms with Gasteiger partial charge in [-0.25, -0.2) is 0 Å². The van der Waals surface area contributed by atoms with Crippen LogP contribution in [0.5, 0.6) is 5.75 Å². The van der Waals surface area contributed by atoms with Crippen LogP contribution in [-0.4, -0.2) is 42.7 Å². The number of carboxylic acid groups (broad SMARTS) is 1. The Hall–Kier alpha value is -1.55. The van der Waals surface area contributed by atoms with Crippen molar-refractivity contribution in [3.05, 3.63) is 29.8 Å². The molecule has 0 radical (unpaired) electrons. The Balaban J connectivity index is 1.97. The van der Waals surface area contributed by atoms with Crippen molar-refractivity contribution in [1.82, 2.24) is 4.90 Å². The van der Waals surface area contributed by atoms with Gasteiger partial charge in [-0.2, -0.15) is 0 Å². The zero-order valence-electron chi connectivity index (χ0n) is 10.6. The molecule has 1 aliphatic heterocycles. The molecule has 1 N–H and O–H groups in total. The van der Waals surface area contributed by atoms with E-state index in [0.29, 0.717) is 12.5 Å². The van der Waals surface area contributed by atoms with E-state index in [1.807, 2.05) is 18.2 Å². The summed E-state index contributed by atoms with van der Waals surface area (Å²) in [6.07, 6.45) is 1.29. The summed E-state index contributed by atoms with van der Waals surface area (Å²) in [5, 5.41) is 8.69. The quantitative estimate of drug-likeness (QED) is 0.866. The van der Waals surface area contributed by atoms with Crippen LogP contribution in [0.25, 0.3) is 0 Å². The first kappa shape index (κ1) is 12.9. The molecule has 1 aromatic carbocycles. The predicted molar refractivity (Wildman–Crippen MR) is 69.0 cm³/mol. The van der Waals surface area contributed by atoms with Gasteiger partial charge in [0, 0.05) is 19.0 Å². The summed E-state index contributed by atoms with van der Waals surface area (Å²) in [5.41, 5.74) is 1.23. The highest BCUT2D eigenvalue weighted by atomic mass is 16.5. The SMILES string of the molecule is COc1ccccc1C1CCN(CCC(=O)O)C1. The van der Waals surface area contributed by atoms with Crippen LogP contribution in [0.3, 0.4) is 0 Å². The van der Waals surface area contributed by atoms with Gasteiger partial charge in [-0.15, -0.1) is 0 Å². The lowest BCUT2D eigenvalue weighted by Gasteiger charge is -2.16. The van der Waals surface area contributed by atoms with Crippen LogP contribution in [0.1, 0.15) is 24.3 Å². The Labute approximate surface area is 107 Å². The van der Waals surface area contributed by atoms with E-state index in [2.05, 4.69) is 11.0 Å². The minimum Gasteiger partial charge on any atom is -0.496 e. The summed E-state index contributed by atoms with van der Waals surface area (Å²) in [5.74, 6) is 0.660. The lowest BCUT2D eigenvalue weighted by Crippen LogP contribution is -2.23. The number of methoxy groups -OCH3 is 1.